The molecule has 0 aliphatic carbocycles. The number of Topliss-reactive ketones (excluding diaryl/α,β-unsaturated/α-hetero) is 1. The highest BCUT2D eigenvalue weighted by Gasteiger charge is 1.98. The molecule has 0 bridgehead atoms. The molecule has 13 heavy (non-hydrogen) atoms. The Bertz CT molecular complexity index is 331. The van der Waals surface area contributed by atoms with Gasteiger partial charge in [-0.1, -0.05) is 0 Å². The normalized spacial score (nSPS) is 12.2. The third-order valence-corrected chi connectivity index (χ3v) is 1.75. The first kappa shape index (κ1) is 9.88. The van der Waals surface area contributed by atoms with Crippen molar-refractivity contribution in [2.24, 2.45) is 0 Å². The fraction of sp³-hybridized carbons (Fsp3) is 0.125. The third kappa shape index (κ3) is 2.96. The molecule has 5 heteroatoms. The molecule has 0 heterocycles. The Morgan fingerprint density at radius 3 is 2.31 bits per heavy atom. The lowest BCUT2D eigenvalue weighted by atomic mass is 10.1. The van der Waals surface area contributed by atoms with Crippen molar-refractivity contribution in [2.75, 3.05) is 0 Å². The summed E-state index contributed by atoms with van der Waals surface area (Å²) < 4.78 is 24.6. The first-order chi connectivity index (χ1) is 6.09. The van der Waals surface area contributed by atoms with Gasteiger partial charge in [0.2, 0.25) is 0 Å². The molecule has 0 saturated heterocycles. The first-order valence-corrected chi connectivity index (χ1v) is 4.48. The van der Waals surface area contributed by atoms with Gasteiger partial charge in [-0.2, -0.15) is 0 Å². The van der Waals surface area contributed by atoms with Crippen LogP contribution in [-0.4, -0.2) is 14.5 Å². The summed E-state index contributed by atoms with van der Waals surface area (Å²) in [6, 6.07) is 5.86. The third-order valence-electron chi connectivity index (χ3n) is 1.43. The highest BCUT2D eigenvalue weighted by Crippen LogP contribution is 2.12. The van der Waals surface area contributed by atoms with Gasteiger partial charge in [0.05, 0.1) is 0 Å². The van der Waals surface area contributed by atoms with Gasteiger partial charge in [-0.25, -0.2) is 4.21 Å². The van der Waals surface area contributed by atoms with Crippen molar-refractivity contribution in [1.29, 1.82) is 0 Å². The monoisotopic (exact) mass is 199 g/mol. The lowest BCUT2D eigenvalue weighted by Gasteiger charge is -2.06. The van der Waals surface area contributed by atoms with Gasteiger partial charge in [0.15, 0.2) is 5.78 Å². The Labute approximate surface area is 78.0 Å². The van der Waals surface area contributed by atoms with Crippen LogP contribution < -0.4 is 4.18 Å². The molecule has 0 aromatic heterocycles. The topological polar surface area (TPSA) is 66.4 Å². The maximum Gasteiger partial charge on any atom is 0.159 e. The van der Waals surface area contributed by atoms with Crippen molar-refractivity contribution in [1.82, 2.24) is 0 Å². The van der Waals surface area contributed by atoms with Crippen LogP contribution in [0.25, 0.3) is 0 Å². The van der Waals surface area contributed by atoms with Crippen molar-refractivity contribution in [3.63, 3.8) is 0 Å². The van der Waals surface area contributed by atoms with E-state index >= 15 is 0 Å². The summed E-state index contributed by atoms with van der Waals surface area (Å²) in [5.74, 6) is 0.119. The maximum absolute atomic E-state index is 10.8. The lowest BCUT2D eigenvalue weighted by Crippen LogP contribution is -1.98. The molecule has 1 aromatic carbocycles. The van der Waals surface area contributed by atoms with Crippen LogP contribution in [0.3, 0.4) is 0 Å². The maximum atomic E-state index is 10.8. The van der Waals surface area contributed by atoms with Crippen LogP contribution in [0, 0.1) is 0 Å². The SMILES string of the molecule is CC(=O)c1ccc(OS(=O)[O-])cc1. The summed E-state index contributed by atoms with van der Waals surface area (Å²) in [6.45, 7) is 1.43. The number of ketones is 1. The van der Waals surface area contributed by atoms with Crippen LogP contribution in [0.1, 0.15) is 17.3 Å². The zero-order chi connectivity index (χ0) is 9.84. The van der Waals surface area contributed by atoms with Gasteiger partial charge in [0.1, 0.15) is 17.1 Å². The quantitative estimate of drug-likeness (QED) is 0.539. The van der Waals surface area contributed by atoms with E-state index in [1.165, 1.54) is 31.2 Å². The first-order valence-electron chi connectivity index (χ1n) is 3.48. The van der Waals surface area contributed by atoms with Crippen LogP contribution in [0.2, 0.25) is 0 Å². The number of hydrogen-bond acceptors (Lipinski definition) is 4. The minimum absolute atomic E-state index is 0.0743. The molecule has 1 unspecified atom stereocenters. The molecule has 1 rings (SSSR count). The molecule has 4 nitrogen and oxygen atoms in total. The van der Waals surface area contributed by atoms with Crippen molar-refractivity contribution < 1.29 is 17.7 Å². The largest absolute Gasteiger partial charge is 0.740 e. The predicted molar refractivity (Wildman–Crippen MR) is 46.0 cm³/mol. The molecule has 0 aliphatic rings. The minimum Gasteiger partial charge on any atom is -0.740 e. The number of rotatable bonds is 3. The number of hydrogen-bond donors (Lipinski definition) is 0. The number of carbonyl (C=O) groups is 1. The molecule has 0 radical (unpaired) electrons. The van der Waals surface area contributed by atoms with E-state index in [-0.39, 0.29) is 11.5 Å². The van der Waals surface area contributed by atoms with Crippen LogP contribution >= 0.6 is 0 Å². The van der Waals surface area contributed by atoms with E-state index in [2.05, 4.69) is 4.18 Å². The lowest BCUT2D eigenvalue weighted by molar-refractivity contribution is 0.101. The van der Waals surface area contributed by atoms with Crippen molar-refractivity contribution in [3.8, 4) is 5.75 Å². The Kier molecular flexibility index (Phi) is 3.16. The van der Waals surface area contributed by atoms with Crippen LogP contribution in [0.15, 0.2) is 24.3 Å². The Balaban J connectivity index is 2.81. The van der Waals surface area contributed by atoms with Gasteiger partial charge >= 0.3 is 0 Å². The second-order valence-electron chi connectivity index (χ2n) is 2.37. The molecule has 70 valence electrons. The van der Waals surface area contributed by atoms with Gasteiger partial charge in [0.25, 0.3) is 0 Å². The zero-order valence-corrected chi connectivity index (χ0v) is 7.67. The van der Waals surface area contributed by atoms with E-state index in [9.17, 15) is 13.6 Å². The van der Waals surface area contributed by atoms with E-state index in [0.717, 1.165) is 0 Å². The number of benzene rings is 1. The summed E-state index contributed by atoms with van der Waals surface area (Å²) in [5.41, 5.74) is 0.518. The fourth-order valence-electron chi connectivity index (χ4n) is 0.824. The molecule has 0 amide bonds. The highest BCUT2D eigenvalue weighted by molar-refractivity contribution is 7.74. The summed E-state index contributed by atoms with van der Waals surface area (Å²) in [4.78, 5) is 10.8. The summed E-state index contributed by atoms with van der Waals surface area (Å²) in [7, 11) is 0. The van der Waals surface area contributed by atoms with E-state index in [1.807, 2.05) is 0 Å². The molecule has 1 atom stereocenters. The molecular weight excluding hydrogens is 192 g/mol. The Morgan fingerprint density at radius 1 is 1.38 bits per heavy atom. The van der Waals surface area contributed by atoms with Crippen molar-refractivity contribution in [3.05, 3.63) is 29.8 Å². The van der Waals surface area contributed by atoms with Gasteiger partial charge in [-0.05, 0) is 31.2 Å². The second-order valence-corrected chi connectivity index (χ2v) is 2.94. The van der Waals surface area contributed by atoms with Gasteiger partial charge in [0, 0.05) is 5.56 Å². The van der Waals surface area contributed by atoms with Gasteiger partial charge in [-0.15, -0.1) is 0 Å². The van der Waals surface area contributed by atoms with Crippen molar-refractivity contribution in [2.45, 2.75) is 6.92 Å². The summed E-state index contributed by atoms with van der Waals surface area (Å²) in [6.07, 6.45) is 0. The average molecular weight is 199 g/mol. The molecule has 1 aromatic rings. The van der Waals surface area contributed by atoms with E-state index in [0.29, 0.717) is 5.56 Å². The van der Waals surface area contributed by atoms with Crippen LogP contribution in [-0.2, 0) is 11.4 Å². The van der Waals surface area contributed by atoms with Crippen molar-refractivity contribution >= 4 is 17.1 Å². The molecular formula is C8H7O4S-. The molecule has 0 fully saturated rings. The summed E-state index contributed by atoms with van der Waals surface area (Å²) in [5, 5.41) is 0. The minimum atomic E-state index is -2.57. The molecule has 0 aliphatic heterocycles. The van der Waals surface area contributed by atoms with Crippen LogP contribution in [0.5, 0.6) is 5.75 Å². The van der Waals surface area contributed by atoms with Gasteiger partial charge in [-0.3, -0.25) is 4.79 Å². The average Bonchev–Trinajstić information content (AvgIpc) is 2.04. The van der Waals surface area contributed by atoms with Gasteiger partial charge < -0.3 is 8.74 Å². The Hall–Kier alpha value is -1.20. The number of carbonyl (C=O) groups excluding carboxylic acids is 1. The molecule has 0 spiro atoms. The zero-order valence-electron chi connectivity index (χ0n) is 6.85. The summed E-state index contributed by atoms with van der Waals surface area (Å²) >= 11 is -2.57. The van der Waals surface area contributed by atoms with E-state index < -0.39 is 11.4 Å². The standard InChI is InChI=1S/C8H8O4S/c1-6(9)7-2-4-8(5-3-7)12-13(10)11/h2-5H,1H3,(H,10,11)/p-1. The fourth-order valence-corrected chi connectivity index (χ4v) is 1.09. The van der Waals surface area contributed by atoms with E-state index in [4.69, 9.17) is 0 Å². The van der Waals surface area contributed by atoms with E-state index in [1.54, 1.807) is 0 Å². The highest BCUT2D eigenvalue weighted by atomic mass is 32.2. The molecule has 0 saturated carbocycles. The van der Waals surface area contributed by atoms with Crippen LogP contribution in [0.4, 0.5) is 0 Å². The smallest absolute Gasteiger partial charge is 0.159 e. The predicted octanol–water partition coefficient (Wildman–Crippen LogP) is 1.06. The second kappa shape index (κ2) is 4.15. The molecule has 0 N–H and O–H groups in total. The Morgan fingerprint density at radius 2 is 1.92 bits per heavy atom.